The first-order valence-electron chi connectivity index (χ1n) is 3.81. The molecule has 2 heterocycles. The molecule has 0 aliphatic rings. The third-order valence-corrected chi connectivity index (χ3v) is 6.74. The Bertz CT molecular complexity index is 498. The first kappa shape index (κ1) is 12.2. The Labute approximate surface area is 125 Å². The highest BCUT2D eigenvalue weighted by Gasteiger charge is 2.15. The summed E-state index contributed by atoms with van der Waals surface area (Å²) >= 11 is 12.0. The average Bonchev–Trinajstić information content (AvgIpc) is 2.74. The Balaban J connectivity index is 2.36. The summed E-state index contributed by atoms with van der Waals surface area (Å²) in [6, 6.07) is 3.76. The molecule has 0 aliphatic carbocycles. The molecule has 0 radical (unpaired) electrons. The summed E-state index contributed by atoms with van der Waals surface area (Å²) in [5, 5.41) is 1.89. The van der Waals surface area contributed by atoms with Crippen LogP contribution in [0.5, 0.6) is 0 Å². The zero-order chi connectivity index (χ0) is 11.0. The predicted octanol–water partition coefficient (Wildman–Crippen LogP) is 5.17. The molecule has 15 heavy (non-hydrogen) atoms. The van der Waals surface area contributed by atoms with Crippen molar-refractivity contribution in [3.63, 3.8) is 0 Å². The van der Waals surface area contributed by atoms with E-state index in [2.05, 4.69) is 54.5 Å². The number of carbonyl (C=O) groups is 1. The maximum atomic E-state index is 12.0. The van der Waals surface area contributed by atoms with Gasteiger partial charge in [-0.25, -0.2) is 0 Å². The summed E-state index contributed by atoms with van der Waals surface area (Å²) < 4.78 is 3.02. The van der Waals surface area contributed by atoms with Crippen LogP contribution in [0.1, 0.15) is 15.2 Å². The molecular formula is C9H3Br2IOS2. The minimum Gasteiger partial charge on any atom is -0.288 e. The van der Waals surface area contributed by atoms with Gasteiger partial charge in [-0.15, -0.1) is 22.7 Å². The molecule has 2 aromatic rings. The van der Waals surface area contributed by atoms with E-state index in [1.165, 1.54) is 11.3 Å². The van der Waals surface area contributed by atoms with Gasteiger partial charge in [0.1, 0.15) is 0 Å². The molecule has 0 saturated heterocycles. The lowest BCUT2D eigenvalue weighted by Crippen LogP contribution is -1.95. The van der Waals surface area contributed by atoms with Gasteiger partial charge in [-0.3, -0.25) is 4.79 Å². The van der Waals surface area contributed by atoms with E-state index in [4.69, 9.17) is 0 Å². The van der Waals surface area contributed by atoms with Crippen LogP contribution in [0.25, 0.3) is 0 Å². The second-order valence-corrected chi connectivity index (χ2v) is 8.73. The van der Waals surface area contributed by atoms with Crippen molar-refractivity contribution in [2.24, 2.45) is 0 Å². The molecule has 0 amide bonds. The summed E-state index contributed by atoms with van der Waals surface area (Å²) in [5.74, 6) is 0.0885. The monoisotopic (exact) mass is 476 g/mol. The molecule has 0 bridgehead atoms. The lowest BCUT2D eigenvalue weighted by atomic mass is 10.2. The summed E-state index contributed by atoms with van der Waals surface area (Å²) in [5.41, 5.74) is 0.769. The van der Waals surface area contributed by atoms with E-state index in [0.717, 1.165) is 21.6 Å². The Morgan fingerprint density at radius 1 is 1.33 bits per heavy atom. The van der Waals surface area contributed by atoms with Crippen molar-refractivity contribution in [3.8, 4) is 0 Å². The van der Waals surface area contributed by atoms with Crippen LogP contribution in [-0.4, -0.2) is 5.78 Å². The minimum absolute atomic E-state index is 0.0885. The number of hydrogen-bond acceptors (Lipinski definition) is 3. The third-order valence-electron chi connectivity index (χ3n) is 1.70. The highest BCUT2D eigenvalue weighted by atomic mass is 127. The van der Waals surface area contributed by atoms with E-state index >= 15 is 0 Å². The number of hydrogen-bond donors (Lipinski definition) is 0. The number of carbonyl (C=O) groups excluding carboxylic acids is 1. The molecule has 0 unspecified atom stereocenters. The van der Waals surface area contributed by atoms with Crippen molar-refractivity contribution >= 4 is 82.9 Å². The number of ketones is 1. The van der Waals surface area contributed by atoms with Crippen LogP contribution in [0.3, 0.4) is 0 Å². The number of rotatable bonds is 2. The molecule has 2 rings (SSSR count). The standard InChI is InChI=1S/C9H3Br2IOS2/c10-5-2-6(15-9(5)11)8(13)4-1-7(12)14-3-4/h1-3H. The SMILES string of the molecule is O=C(c1csc(I)c1)c1cc(Br)c(Br)s1. The Morgan fingerprint density at radius 3 is 2.53 bits per heavy atom. The molecule has 0 spiro atoms. The van der Waals surface area contributed by atoms with Crippen LogP contribution in [0, 0.1) is 2.88 Å². The molecule has 0 aromatic carbocycles. The van der Waals surface area contributed by atoms with Crippen molar-refractivity contribution in [1.29, 1.82) is 0 Å². The van der Waals surface area contributed by atoms with Crippen LogP contribution in [0.2, 0.25) is 0 Å². The lowest BCUT2D eigenvalue weighted by Gasteiger charge is -1.90. The van der Waals surface area contributed by atoms with E-state index in [1.54, 1.807) is 11.3 Å². The molecule has 0 aliphatic heterocycles. The third kappa shape index (κ3) is 2.71. The van der Waals surface area contributed by atoms with Gasteiger partial charge in [-0.05, 0) is 66.6 Å². The highest BCUT2D eigenvalue weighted by molar-refractivity contribution is 14.1. The maximum absolute atomic E-state index is 12.0. The topological polar surface area (TPSA) is 17.1 Å². The van der Waals surface area contributed by atoms with E-state index < -0.39 is 0 Å². The second kappa shape index (κ2) is 4.95. The highest BCUT2D eigenvalue weighted by Crippen LogP contribution is 2.34. The van der Waals surface area contributed by atoms with E-state index in [1.807, 2.05) is 17.5 Å². The molecule has 0 N–H and O–H groups in total. The van der Waals surface area contributed by atoms with Crippen LogP contribution in [0.4, 0.5) is 0 Å². The summed E-state index contributed by atoms with van der Waals surface area (Å²) in [6.45, 7) is 0. The average molecular weight is 478 g/mol. The van der Waals surface area contributed by atoms with Crippen molar-refractivity contribution in [3.05, 3.63) is 39.1 Å². The Hall–Kier alpha value is 0.760. The van der Waals surface area contributed by atoms with Crippen LogP contribution in [-0.2, 0) is 0 Å². The fourth-order valence-corrected chi connectivity index (χ4v) is 4.35. The van der Waals surface area contributed by atoms with Gasteiger partial charge >= 0.3 is 0 Å². The normalized spacial score (nSPS) is 10.6. The van der Waals surface area contributed by atoms with Gasteiger partial charge in [0.05, 0.1) is 11.5 Å². The van der Waals surface area contributed by atoms with Crippen molar-refractivity contribution in [2.75, 3.05) is 0 Å². The van der Waals surface area contributed by atoms with E-state index in [0.29, 0.717) is 0 Å². The molecule has 0 atom stereocenters. The van der Waals surface area contributed by atoms with Crippen molar-refractivity contribution in [2.45, 2.75) is 0 Å². The largest absolute Gasteiger partial charge is 0.288 e. The molecule has 2 aromatic heterocycles. The fourth-order valence-electron chi connectivity index (χ4n) is 1.03. The zero-order valence-corrected chi connectivity index (χ0v) is 14.1. The molecule has 1 nitrogen and oxygen atoms in total. The van der Waals surface area contributed by atoms with E-state index in [-0.39, 0.29) is 5.78 Å². The quantitative estimate of drug-likeness (QED) is 0.431. The van der Waals surface area contributed by atoms with E-state index in [9.17, 15) is 4.79 Å². The van der Waals surface area contributed by atoms with Crippen molar-refractivity contribution < 1.29 is 4.79 Å². The number of halogens is 3. The second-order valence-electron chi connectivity index (χ2n) is 2.70. The van der Waals surface area contributed by atoms with Crippen LogP contribution < -0.4 is 0 Å². The fraction of sp³-hybridized carbons (Fsp3) is 0. The number of thiophene rings is 2. The van der Waals surface area contributed by atoms with Crippen molar-refractivity contribution in [1.82, 2.24) is 0 Å². The summed E-state index contributed by atoms with van der Waals surface area (Å²) in [4.78, 5) is 12.7. The molecule has 78 valence electrons. The lowest BCUT2D eigenvalue weighted by molar-refractivity contribution is 0.104. The van der Waals surface area contributed by atoms with Gasteiger partial charge in [0.25, 0.3) is 0 Å². The molecule has 0 fully saturated rings. The first-order chi connectivity index (χ1) is 7.08. The molecular weight excluding hydrogens is 475 g/mol. The van der Waals surface area contributed by atoms with Gasteiger partial charge < -0.3 is 0 Å². The summed E-state index contributed by atoms with van der Waals surface area (Å²) in [7, 11) is 0. The summed E-state index contributed by atoms with van der Waals surface area (Å²) in [6.07, 6.45) is 0. The smallest absolute Gasteiger partial charge is 0.203 e. The van der Waals surface area contributed by atoms with Gasteiger partial charge in [0.15, 0.2) is 0 Å². The van der Waals surface area contributed by atoms with Gasteiger partial charge in [-0.1, -0.05) is 0 Å². The van der Waals surface area contributed by atoms with Gasteiger partial charge in [0, 0.05) is 15.4 Å². The maximum Gasteiger partial charge on any atom is 0.203 e. The minimum atomic E-state index is 0.0885. The predicted molar refractivity (Wildman–Crippen MR) is 80.2 cm³/mol. The Morgan fingerprint density at radius 2 is 2.07 bits per heavy atom. The van der Waals surface area contributed by atoms with Crippen LogP contribution in [0.15, 0.2) is 25.8 Å². The van der Waals surface area contributed by atoms with Gasteiger partial charge in [-0.2, -0.15) is 0 Å². The zero-order valence-electron chi connectivity index (χ0n) is 7.09. The first-order valence-corrected chi connectivity index (χ1v) is 8.17. The van der Waals surface area contributed by atoms with Gasteiger partial charge in [0.2, 0.25) is 5.78 Å². The Kier molecular flexibility index (Phi) is 4.03. The molecule has 6 heteroatoms. The molecule has 0 saturated carbocycles. The van der Waals surface area contributed by atoms with Crippen LogP contribution >= 0.6 is 77.1 Å².